The number of guanidine groups is 1. The number of nitriles is 1. The molecule has 0 aliphatic heterocycles. The highest BCUT2D eigenvalue weighted by atomic mass is 127. The van der Waals surface area contributed by atoms with Crippen molar-refractivity contribution in [3.63, 3.8) is 0 Å². The van der Waals surface area contributed by atoms with Gasteiger partial charge in [0.1, 0.15) is 5.82 Å². The fraction of sp³-hybridized carbons (Fsp3) is 0.500. The van der Waals surface area contributed by atoms with Crippen LogP contribution in [0.4, 0.5) is 4.39 Å². The van der Waals surface area contributed by atoms with Gasteiger partial charge in [0.05, 0.1) is 24.8 Å². The van der Waals surface area contributed by atoms with Gasteiger partial charge in [-0.05, 0) is 24.6 Å². The Morgan fingerprint density at radius 3 is 2.75 bits per heavy atom. The molecular formula is C16H24FIN4O2. The summed E-state index contributed by atoms with van der Waals surface area (Å²) in [6.45, 7) is 2.74. The minimum absolute atomic E-state index is 0. The molecular weight excluding hydrogens is 426 g/mol. The summed E-state index contributed by atoms with van der Waals surface area (Å²) in [5.41, 5.74) is 0.856. The SMILES string of the molecule is CN=C(NCCCOCCOC)NCc1cc(C#N)ccc1F.I. The average Bonchev–Trinajstić information content (AvgIpc) is 2.58. The standard InChI is InChI=1S/C16H23FN4O2.HI/c1-19-16(20-6-3-7-23-9-8-22-2)21-12-14-10-13(11-18)4-5-15(14)17;/h4-5,10H,3,6-9,12H2,1-2H3,(H2,19,20,21);1H. The first-order valence-corrected chi connectivity index (χ1v) is 7.41. The molecule has 1 aromatic rings. The van der Waals surface area contributed by atoms with Crippen LogP contribution in [0, 0.1) is 17.1 Å². The predicted molar refractivity (Wildman–Crippen MR) is 102 cm³/mol. The normalized spacial score (nSPS) is 10.7. The van der Waals surface area contributed by atoms with Gasteiger partial charge in [-0.15, -0.1) is 24.0 Å². The van der Waals surface area contributed by atoms with E-state index in [1.165, 1.54) is 18.2 Å². The average molecular weight is 450 g/mol. The van der Waals surface area contributed by atoms with Crippen molar-refractivity contribution in [3.05, 3.63) is 35.1 Å². The van der Waals surface area contributed by atoms with Gasteiger partial charge in [0, 0.05) is 39.4 Å². The number of benzene rings is 1. The van der Waals surface area contributed by atoms with Crippen LogP contribution in [0.15, 0.2) is 23.2 Å². The van der Waals surface area contributed by atoms with Crippen LogP contribution in [0.2, 0.25) is 0 Å². The van der Waals surface area contributed by atoms with E-state index in [-0.39, 0.29) is 36.3 Å². The molecule has 0 saturated heterocycles. The van der Waals surface area contributed by atoms with Crippen LogP contribution in [0.3, 0.4) is 0 Å². The molecule has 0 spiro atoms. The zero-order chi connectivity index (χ0) is 16.9. The molecule has 8 heteroatoms. The van der Waals surface area contributed by atoms with E-state index in [4.69, 9.17) is 14.7 Å². The van der Waals surface area contributed by atoms with Gasteiger partial charge in [-0.25, -0.2) is 4.39 Å². The quantitative estimate of drug-likeness (QED) is 0.261. The molecule has 0 aromatic heterocycles. The molecule has 0 atom stereocenters. The summed E-state index contributed by atoms with van der Waals surface area (Å²) in [7, 11) is 3.28. The van der Waals surface area contributed by atoms with Gasteiger partial charge in [0.2, 0.25) is 0 Å². The van der Waals surface area contributed by atoms with Gasteiger partial charge < -0.3 is 20.1 Å². The van der Waals surface area contributed by atoms with Crippen LogP contribution in [-0.4, -0.2) is 46.5 Å². The van der Waals surface area contributed by atoms with E-state index in [2.05, 4.69) is 15.6 Å². The van der Waals surface area contributed by atoms with Gasteiger partial charge >= 0.3 is 0 Å². The Labute approximate surface area is 159 Å². The molecule has 0 aliphatic rings. The number of hydrogen-bond acceptors (Lipinski definition) is 4. The highest BCUT2D eigenvalue weighted by Gasteiger charge is 2.05. The Balaban J connectivity index is 0.00000529. The van der Waals surface area contributed by atoms with Crippen molar-refractivity contribution in [2.45, 2.75) is 13.0 Å². The van der Waals surface area contributed by atoms with E-state index in [0.29, 0.717) is 43.5 Å². The molecule has 2 N–H and O–H groups in total. The highest BCUT2D eigenvalue weighted by Crippen LogP contribution is 2.09. The lowest BCUT2D eigenvalue weighted by atomic mass is 10.1. The Morgan fingerprint density at radius 1 is 1.29 bits per heavy atom. The molecule has 0 heterocycles. The zero-order valence-electron chi connectivity index (χ0n) is 14.0. The minimum atomic E-state index is -0.349. The number of halogens is 2. The topological polar surface area (TPSA) is 78.7 Å². The third-order valence-electron chi connectivity index (χ3n) is 3.03. The highest BCUT2D eigenvalue weighted by molar-refractivity contribution is 14.0. The third kappa shape index (κ3) is 9.00. The van der Waals surface area contributed by atoms with E-state index in [1.807, 2.05) is 6.07 Å². The van der Waals surface area contributed by atoms with Crippen molar-refractivity contribution in [3.8, 4) is 6.07 Å². The fourth-order valence-electron chi connectivity index (χ4n) is 1.80. The molecule has 0 saturated carbocycles. The number of nitrogens with one attached hydrogen (secondary N) is 2. The molecule has 0 radical (unpaired) electrons. The number of hydrogen-bond donors (Lipinski definition) is 2. The van der Waals surface area contributed by atoms with Crippen LogP contribution in [-0.2, 0) is 16.0 Å². The van der Waals surface area contributed by atoms with Crippen molar-refractivity contribution in [2.24, 2.45) is 4.99 Å². The van der Waals surface area contributed by atoms with Crippen molar-refractivity contribution in [1.29, 1.82) is 5.26 Å². The summed E-state index contributed by atoms with van der Waals surface area (Å²) >= 11 is 0. The van der Waals surface area contributed by atoms with Gasteiger partial charge in [-0.1, -0.05) is 0 Å². The van der Waals surface area contributed by atoms with Crippen molar-refractivity contribution >= 4 is 29.9 Å². The monoisotopic (exact) mass is 450 g/mol. The largest absolute Gasteiger partial charge is 0.382 e. The van der Waals surface area contributed by atoms with E-state index in [0.717, 1.165) is 6.42 Å². The molecule has 1 aromatic carbocycles. The van der Waals surface area contributed by atoms with E-state index < -0.39 is 0 Å². The lowest BCUT2D eigenvalue weighted by Gasteiger charge is -2.12. The summed E-state index contributed by atoms with van der Waals surface area (Å²) in [5, 5.41) is 15.0. The van der Waals surface area contributed by atoms with Gasteiger partial charge in [-0.3, -0.25) is 4.99 Å². The lowest BCUT2D eigenvalue weighted by Crippen LogP contribution is -2.37. The molecule has 134 valence electrons. The van der Waals surface area contributed by atoms with Crippen molar-refractivity contribution in [1.82, 2.24) is 10.6 Å². The minimum Gasteiger partial charge on any atom is -0.382 e. The van der Waals surface area contributed by atoms with E-state index in [1.54, 1.807) is 14.2 Å². The van der Waals surface area contributed by atoms with Crippen LogP contribution in [0.1, 0.15) is 17.5 Å². The van der Waals surface area contributed by atoms with E-state index >= 15 is 0 Å². The van der Waals surface area contributed by atoms with Gasteiger partial charge in [0.25, 0.3) is 0 Å². The summed E-state index contributed by atoms with van der Waals surface area (Å²) in [6.07, 6.45) is 0.822. The summed E-state index contributed by atoms with van der Waals surface area (Å²) in [6, 6.07) is 6.27. The Bertz CT molecular complexity index is 549. The molecule has 0 bridgehead atoms. The first kappa shape index (κ1) is 22.6. The Kier molecular flexibility index (Phi) is 13.1. The molecule has 0 unspecified atom stereocenters. The maximum absolute atomic E-state index is 13.7. The van der Waals surface area contributed by atoms with Crippen LogP contribution >= 0.6 is 24.0 Å². The summed E-state index contributed by atoms with van der Waals surface area (Å²) < 4.78 is 23.9. The van der Waals surface area contributed by atoms with Crippen LogP contribution < -0.4 is 10.6 Å². The molecule has 1 rings (SSSR count). The molecule has 0 aliphatic carbocycles. The molecule has 24 heavy (non-hydrogen) atoms. The van der Waals surface area contributed by atoms with Crippen LogP contribution in [0.25, 0.3) is 0 Å². The van der Waals surface area contributed by atoms with Gasteiger partial charge in [-0.2, -0.15) is 5.26 Å². The number of methoxy groups -OCH3 is 1. The van der Waals surface area contributed by atoms with Crippen molar-refractivity contribution in [2.75, 3.05) is 40.5 Å². The second kappa shape index (κ2) is 13.9. The summed E-state index contributed by atoms with van der Waals surface area (Å²) in [5.74, 6) is 0.224. The first-order chi connectivity index (χ1) is 11.2. The number of nitrogens with zero attached hydrogens (tertiary/aromatic N) is 2. The van der Waals surface area contributed by atoms with E-state index in [9.17, 15) is 4.39 Å². The second-order valence-corrected chi connectivity index (χ2v) is 4.73. The molecule has 0 amide bonds. The first-order valence-electron chi connectivity index (χ1n) is 7.41. The summed E-state index contributed by atoms with van der Waals surface area (Å²) in [4.78, 5) is 4.07. The maximum Gasteiger partial charge on any atom is 0.191 e. The molecule has 6 nitrogen and oxygen atoms in total. The smallest absolute Gasteiger partial charge is 0.191 e. The zero-order valence-corrected chi connectivity index (χ0v) is 16.3. The number of ether oxygens (including phenoxy) is 2. The lowest BCUT2D eigenvalue weighted by molar-refractivity contribution is 0.0698. The predicted octanol–water partition coefficient (Wildman–Crippen LogP) is 2.03. The number of aliphatic imine (C=N–C) groups is 1. The number of rotatable bonds is 9. The Hall–Kier alpha value is -1.44. The van der Waals surface area contributed by atoms with Crippen LogP contribution in [0.5, 0.6) is 0 Å². The second-order valence-electron chi connectivity index (χ2n) is 4.73. The fourth-order valence-corrected chi connectivity index (χ4v) is 1.80. The molecule has 0 fully saturated rings. The Morgan fingerprint density at radius 2 is 2.08 bits per heavy atom. The van der Waals surface area contributed by atoms with Gasteiger partial charge in [0.15, 0.2) is 5.96 Å². The van der Waals surface area contributed by atoms with Crippen molar-refractivity contribution < 1.29 is 13.9 Å². The maximum atomic E-state index is 13.7. The third-order valence-corrected chi connectivity index (χ3v) is 3.03.